The van der Waals surface area contributed by atoms with Crippen LogP contribution in [0.2, 0.25) is 0 Å². The Bertz CT molecular complexity index is 501. The van der Waals surface area contributed by atoms with Crippen LogP contribution in [0.4, 0.5) is 24.8 Å². The summed E-state index contributed by atoms with van der Waals surface area (Å²) in [5.74, 6) is -1.05. The van der Waals surface area contributed by atoms with Gasteiger partial charge in [0.25, 0.3) is 0 Å². The molecule has 0 radical (unpaired) electrons. The van der Waals surface area contributed by atoms with E-state index in [1.165, 1.54) is 20.2 Å². The van der Waals surface area contributed by atoms with Crippen molar-refractivity contribution in [1.82, 2.24) is 9.97 Å². The van der Waals surface area contributed by atoms with Gasteiger partial charge in [-0.05, 0) is 0 Å². The Kier molecular flexibility index (Phi) is 6.17. The van der Waals surface area contributed by atoms with Crippen molar-refractivity contribution >= 4 is 11.6 Å². The number of ether oxygens (including phenoxy) is 1. The molecule has 0 saturated carbocycles. The minimum absolute atomic E-state index is 0.0618. The Morgan fingerprint density at radius 1 is 1.38 bits per heavy atom. The van der Waals surface area contributed by atoms with Crippen LogP contribution in [0.25, 0.3) is 0 Å². The van der Waals surface area contributed by atoms with Gasteiger partial charge in [0, 0.05) is 33.3 Å². The van der Waals surface area contributed by atoms with E-state index in [1.54, 1.807) is 4.90 Å². The maximum absolute atomic E-state index is 12.8. The summed E-state index contributed by atoms with van der Waals surface area (Å²) in [5, 5.41) is 11.2. The normalized spacial score (nSPS) is 11.0. The molecule has 6 nitrogen and oxygen atoms in total. The van der Waals surface area contributed by atoms with E-state index in [4.69, 9.17) is 10.00 Å². The van der Waals surface area contributed by atoms with Gasteiger partial charge in [0.05, 0.1) is 19.1 Å². The average molecular weight is 303 g/mol. The average Bonchev–Trinajstić information content (AvgIpc) is 2.46. The number of methoxy groups -OCH3 is 1. The topological polar surface area (TPSA) is 74.1 Å². The lowest BCUT2D eigenvalue weighted by molar-refractivity contribution is -0.144. The van der Waals surface area contributed by atoms with E-state index >= 15 is 0 Å². The first-order chi connectivity index (χ1) is 9.92. The second-order valence-corrected chi connectivity index (χ2v) is 4.07. The monoisotopic (exact) mass is 303 g/mol. The molecule has 116 valence electrons. The van der Waals surface area contributed by atoms with Crippen molar-refractivity contribution in [2.45, 2.75) is 12.6 Å². The van der Waals surface area contributed by atoms with Crippen molar-refractivity contribution in [2.75, 3.05) is 44.1 Å². The molecule has 0 aliphatic heterocycles. The lowest BCUT2D eigenvalue weighted by atomic mass is 10.3. The van der Waals surface area contributed by atoms with Gasteiger partial charge < -0.3 is 15.0 Å². The highest BCUT2D eigenvalue weighted by molar-refractivity contribution is 5.49. The van der Waals surface area contributed by atoms with E-state index < -0.39 is 12.0 Å². The van der Waals surface area contributed by atoms with E-state index in [-0.39, 0.29) is 24.6 Å². The van der Waals surface area contributed by atoms with Crippen molar-refractivity contribution in [3.63, 3.8) is 0 Å². The third kappa shape index (κ3) is 5.07. The highest BCUT2D eigenvalue weighted by Gasteiger charge is 2.35. The fraction of sp³-hybridized carbons (Fsp3) is 0.583. The zero-order chi connectivity index (χ0) is 15.9. The predicted octanol–water partition coefficient (Wildman–Crippen LogP) is 1.90. The van der Waals surface area contributed by atoms with Crippen LogP contribution in [0.1, 0.15) is 12.2 Å². The third-order valence-electron chi connectivity index (χ3n) is 2.61. The number of alkyl halides is 3. The highest BCUT2D eigenvalue weighted by Crippen LogP contribution is 2.29. The molecule has 0 bridgehead atoms. The van der Waals surface area contributed by atoms with Crippen molar-refractivity contribution in [2.24, 2.45) is 0 Å². The molecule has 0 unspecified atom stereocenters. The number of anilines is 2. The fourth-order valence-electron chi connectivity index (χ4n) is 1.58. The molecule has 0 aliphatic carbocycles. The van der Waals surface area contributed by atoms with Crippen molar-refractivity contribution in [1.29, 1.82) is 5.26 Å². The van der Waals surface area contributed by atoms with E-state index in [9.17, 15) is 13.2 Å². The van der Waals surface area contributed by atoms with Gasteiger partial charge in [-0.2, -0.15) is 18.4 Å². The van der Waals surface area contributed by atoms with Gasteiger partial charge in [0.1, 0.15) is 11.6 Å². The minimum atomic E-state index is -4.64. The maximum atomic E-state index is 12.8. The van der Waals surface area contributed by atoms with Crippen LogP contribution in [0.15, 0.2) is 6.07 Å². The zero-order valence-electron chi connectivity index (χ0n) is 11.7. The first-order valence-electron chi connectivity index (χ1n) is 6.17. The van der Waals surface area contributed by atoms with Crippen LogP contribution in [0.3, 0.4) is 0 Å². The van der Waals surface area contributed by atoms with Gasteiger partial charge in [0.15, 0.2) is 0 Å². The highest BCUT2D eigenvalue weighted by atomic mass is 19.4. The third-order valence-corrected chi connectivity index (χ3v) is 2.61. The Morgan fingerprint density at radius 2 is 2.10 bits per heavy atom. The maximum Gasteiger partial charge on any atom is 0.451 e. The summed E-state index contributed by atoms with van der Waals surface area (Å²) in [6.07, 6.45) is -4.46. The second-order valence-electron chi connectivity index (χ2n) is 4.07. The van der Waals surface area contributed by atoms with Gasteiger partial charge in [-0.1, -0.05) is 0 Å². The molecule has 0 atom stereocenters. The summed E-state index contributed by atoms with van der Waals surface area (Å²) in [7, 11) is 2.96. The molecule has 0 amide bonds. The van der Waals surface area contributed by atoms with E-state index in [1.807, 2.05) is 6.07 Å². The Hall–Kier alpha value is -2.08. The van der Waals surface area contributed by atoms with Crippen LogP contribution >= 0.6 is 0 Å². The van der Waals surface area contributed by atoms with Gasteiger partial charge in [-0.15, -0.1) is 0 Å². The number of rotatable bonds is 7. The number of halogens is 3. The molecule has 0 aromatic carbocycles. The predicted molar refractivity (Wildman–Crippen MR) is 70.9 cm³/mol. The number of nitriles is 1. The lowest BCUT2D eigenvalue weighted by Crippen LogP contribution is -2.30. The second kappa shape index (κ2) is 7.64. The van der Waals surface area contributed by atoms with Gasteiger partial charge in [-0.3, -0.25) is 0 Å². The summed E-state index contributed by atoms with van der Waals surface area (Å²) in [6, 6.07) is 3.36. The Balaban J connectivity index is 3.13. The zero-order valence-corrected chi connectivity index (χ0v) is 11.7. The minimum Gasteiger partial charge on any atom is -0.383 e. The number of aromatic nitrogens is 2. The van der Waals surface area contributed by atoms with Crippen LogP contribution in [0, 0.1) is 11.3 Å². The van der Waals surface area contributed by atoms with Crippen molar-refractivity contribution in [3.8, 4) is 6.07 Å². The molecule has 0 saturated heterocycles. The molecule has 9 heteroatoms. The Morgan fingerprint density at radius 3 is 2.62 bits per heavy atom. The molecular formula is C12H16F3N5O. The van der Waals surface area contributed by atoms with Crippen molar-refractivity contribution < 1.29 is 17.9 Å². The summed E-state index contributed by atoms with van der Waals surface area (Å²) in [4.78, 5) is 8.50. The number of hydrogen-bond acceptors (Lipinski definition) is 6. The number of nitrogens with zero attached hydrogens (tertiary/aromatic N) is 4. The smallest absolute Gasteiger partial charge is 0.383 e. The van der Waals surface area contributed by atoms with Crippen LogP contribution < -0.4 is 10.2 Å². The summed E-state index contributed by atoms with van der Waals surface area (Å²) in [5.41, 5.74) is 0. The van der Waals surface area contributed by atoms with E-state index in [2.05, 4.69) is 15.3 Å². The molecule has 0 fully saturated rings. The van der Waals surface area contributed by atoms with E-state index in [0.717, 1.165) is 0 Å². The molecule has 21 heavy (non-hydrogen) atoms. The summed E-state index contributed by atoms with van der Waals surface area (Å²) in [6.45, 7) is 0.901. The van der Waals surface area contributed by atoms with Gasteiger partial charge in [0.2, 0.25) is 5.82 Å². The molecule has 1 aromatic rings. The van der Waals surface area contributed by atoms with Crippen molar-refractivity contribution in [3.05, 3.63) is 11.9 Å². The SMILES string of the molecule is CNc1cc(N(CCC#N)CCOC)nc(C(F)(F)F)n1. The molecule has 1 aromatic heterocycles. The van der Waals surface area contributed by atoms with Crippen LogP contribution in [-0.2, 0) is 10.9 Å². The molecule has 1 rings (SSSR count). The summed E-state index contributed by atoms with van der Waals surface area (Å²) >= 11 is 0. The van der Waals surface area contributed by atoms with Crippen LogP contribution in [-0.4, -0.2) is 43.8 Å². The molecular weight excluding hydrogens is 287 g/mol. The molecule has 0 spiro atoms. The number of nitrogens with one attached hydrogen (secondary N) is 1. The first-order valence-corrected chi connectivity index (χ1v) is 6.17. The molecule has 1 N–H and O–H groups in total. The Labute approximate surface area is 120 Å². The van der Waals surface area contributed by atoms with E-state index in [0.29, 0.717) is 13.2 Å². The first kappa shape index (κ1) is 17.0. The largest absolute Gasteiger partial charge is 0.451 e. The molecule has 0 aliphatic rings. The fourth-order valence-corrected chi connectivity index (χ4v) is 1.58. The standard InChI is InChI=1S/C12H16F3N5O/c1-17-9-8-10(19-11(18-9)12(13,14)15)20(5-3-4-16)6-7-21-2/h8H,3,5-7H2,1-2H3,(H,17,18,19). The molecule has 1 heterocycles. The van der Waals surface area contributed by atoms with Gasteiger partial charge in [-0.25, -0.2) is 9.97 Å². The van der Waals surface area contributed by atoms with Crippen LogP contribution in [0.5, 0.6) is 0 Å². The number of hydrogen-bond donors (Lipinski definition) is 1. The quantitative estimate of drug-likeness (QED) is 0.829. The summed E-state index contributed by atoms with van der Waals surface area (Å²) < 4.78 is 43.3. The lowest BCUT2D eigenvalue weighted by Gasteiger charge is -2.23. The van der Waals surface area contributed by atoms with Gasteiger partial charge >= 0.3 is 6.18 Å².